The quantitative estimate of drug-likeness (QED) is 0.666. The van der Waals surface area contributed by atoms with Crippen LogP contribution in [0.3, 0.4) is 0 Å². The molecular formula is C22H25F5N4O. The van der Waals surface area contributed by atoms with E-state index in [4.69, 9.17) is 4.74 Å². The van der Waals surface area contributed by atoms with E-state index in [1.165, 1.54) is 6.07 Å². The number of alkyl halides is 4. The molecule has 174 valence electrons. The Morgan fingerprint density at radius 2 is 2.00 bits per heavy atom. The van der Waals surface area contributed by atoms with Crippen molar-refractivity contribution in [3.05, 3.63) is 64.7 Å². The Labute approximate surface area is 183 Å². The molecule has 0 aliphatic carbocycles. The van der Waals surface area contributed by atoms with Crippen LogP contribution in [0.1, 0.15) is 41.3 Å². The maximum absolute atomic E-state index is 15.4. The molecule has 4 atom stereocenters. The molecule has 2 aliphatic heterocycles. The van der Waals surface area contributed by atoms with Crippen molar-refractivity contribution in [3.63, 3.8) is 0 Å². The van der Waals surface area contributed by atoms with Crippen LogP contribution in [0, 0.1) is 12.7 Å². The zero-order valence-corrected chi connectivity index (χ0v) is 17.5. The molecule has 0 amide bonds. The third-order valence-electron chi connectivity index (χ3n) is 5.94. The first kappa shape index (κ1) is 23.0. The minimum Gasteiger partial charge on any atom is -0.355 e. The number of hydrogen-bond donors (Lipinski definition) is 2. The fraction of sp³-hybridized carbons (Fsp3) is 0.500. The zero-order valence-electron chi connectivity index (χ0n) is 17.5. The van der Waals surface area contributed by atoms with Crippen LogP contribution in [0.15, 0.2) is 36.5 Å². The van der Waals surface area contributed by atoms with E-state index in [0.29, 0.717) is 25.2 Å². The van der Waals surface area contributed by atoms with Crippen molar-refractivity contribution >= 4 is 0 Å². The van der Waals surface area contributed by atoms with Crippen molar-refractivity contribution in [1.29, 1.82) is 0 Å². The van der Waals surface area contributed by atoms with E-state index in [-0.39, 0.29) is 12.6 Å². The molecule has 0 bridgehead atoms. The van der Waals surface area contributed by atoms with E-state index in [9.17, 15) is 17.6 Å². The predicted molar refractivity (Wildman–Crippen MR) is 107 cm³/mol. The number of halogens is 5. The van der Waals surface area contributed by atoms with Crippen LogP contribution in [-0.4, -0.2) is 41.7 Å². The molecular weight excluding hydrogens is 431 g/mol. The molecule has 1 aromatic carbocycles. The van der Waals surface area contributed by atoms with Gasteiger partial charge < -0.3 is 4.74 Å². The van der Waals surface area contributed by atoms with E-state index in [1.54, 1.807) is 6.20 Å². The van der Waals surface area contributed by atoms with E-state index < -0.39 is 36.1 Å². The number of ether oxygens (including phenoxy) is 1. The van der Waals surface area contributed by atoms with Gasteiger partial charge in [0.1, 0.15) is 12.0 Å². The molecule has 1 aromatic heterocycles. The van der Waals surface area contributed by atoms with Crippen LogP contribution in [-0.2, 0) is 17.5 Å². The van der Waals surface area contributed by atoms with Gasteiger partial charge in [-0.15, -0.1) is 0 Å². The molecule has 32 heavy (non-hydrogen) atoms. The second-order valence-corrected chi connectivity index (χ2v) is 8.15. The summed E-state index contributed by atoms with van der Waals surface area (Å²) < 4.78 is 74.0. The largest absolute Gasteiger partial charge is 0.419 e. The highest BCUT2D eigenvalue weighted by molar-refractivity contribution is 5.29. The molecule has 2 aromatic rings. The number of nitrogens with one attached hydrogen (secondary N) is 2. The number of aryl methyl sites for hydroxylation is 1. The lowest BCUT2D eigenvalue weighted by Gasteiger charge is -2.42. The fourth-order valence-electron chi connectivity index (χ4n) is 4.32. The van der Waals surface area contributed by atoms with E-state index in [1.807, 2.05) is 24.0 Å². The van der Waals surface area contributed by atoms with Crippen molar-refractivity contribution in [2.75, 3.05) is 13.2 Å². The second kappa shape index (κ2) is 9.38. The van der Waals surface area contributed by atoms with Crippen LogP contribution in [0.25, 0.3) is 0 Å². The van der Waals surface area contributed by atoms with Gasteiger partial charge in [0.15, 0.2) is 6.17 Å². The zero-order chi connectivity index (χ0) is 22.9. The van der Waals surface area contributed by atoms with Gasteiger partial charge in [-0.1, -0.05) is 12.1 Å². The van der Waals surface area contributed by atoms with Gasteiger partial charge in [0.25, 0.3) is 0 Å². The predicted octanol–water partition coefficient (Wildman–Crippen LogP) is 4.04. The van der Waals surface area contributed by atoms with Gasteiger partial charge in [-0.25, -0.2) is 8.78 Å². The maximum Gasteiger partial charge on any atom is 0.419 e. The van der Waals surface area contributed by atoms with Gasteiger partial charge in [-0.2, -0.15) is 13.2 Å². The summed E-state index contributed by atoms with van der Waals surface area (Å²) in [6, 6.07) is 6.28. The molecule has 2 aliphatic rings. The Morgan fingerprint density at radius 3 is 2.69 bits per heavy atom. The molecule has 4 rings (SSSR count). The molecule has 0 radical (unpaired) electrons. The lowest BCUT2D eigenvalue weighted by molar-refractivity contribution is -0.140. The number of pyridine rings is 1. The van der Waals surface area contributed by atoms with Gasteiger partial charge >= 0.3 is 6.18 Å². The summed E-state index contributed by atoms with van der Waals surface area (Å²) in [5.41, 5.74) is 0.799. The second-order valence-electron chi connectivity index (χ2n) is 8.15. The molecule has 0 saturated carbocycles. The molecule has 2 N–H and O–H groups in total. The monoisotopic (exact) mass is 456 g/mol. The van der Waals surface area contributed by atoms with Crippen LogP contribution < -0.4 is 10.6 Å². The number of likely N-dealkylation sites (tertiary alicyclic amines) is 1. The Kier molecular flexibility index (Phi) is 6.75. The summed E-state index contributed by atoms with van der Waals surface area (Å²) in [7, 11) is 0. The SMILES string of the molecule is Cc1ccc(COC2NCNC(N3CCCC3c3ccc(C(F)(F)F)c(F)c3)C2F)cn1. The lowest BCUT2D eigenvalue weighted by Crippen LogP contribution is -2.65. The van der Waals surface area contributed by atoms with Gasteiger partial charge in [-0.05, 0) is 49.1 Å². The first-order valence-electron chi connectivity index (χ1n) is 10.5. The van der Waals surface area contributed by atoms with E-state index in [2.05, 4.69) is 15.6 Å². The first-order valence-corrected chi connectivity index (χ1v) is 10.5. The average molecular weight is 456 g/mol. The summed E-state index contributed by atoms with van der Waals surface area (Å²) in [4.78, 5) is 6.04. The molecule has 2 saturated heterocycles. The van der Waals surface area contributed by atoms with E-state index >= 15 is 4.39 Å². The fourth-order valence-corrected chi connectivity index (χ4v) is 4.32. The number of nitrogens with zero attached hydrogens (tertiary/aromatic N) is 2. The highest BCUT2D eigenvalue weighted by Gasteiger charge is 2.42. The van der Waals surface area contributed by atoms with Crippen LogP contribution >= 0.6 is 0 Å². The van der Waals surface area contributed by atoms with Crippen LogP contribution in [0.2, 0.25) is 0 Å². The highest BCUT2D eigenvalue weighted by Crippen LogP contribution is 2.38. The summed E-state index contributed by atoms with van der Waals surface area (Å²) >= 11 is 0. The molecule has 2 fully saturated rings. The minimum absolute atomic E-state index is 0.186. The topological polar surface area (TPSA) is 49.4 Å². The first-order chi connectivity index (χ1) is 15.2. The standard InChI is InChI=1S/C22H25F5N4O/c1-13-4-5-14(10-28-13)11-32-21-19(24)20(29-12-30-21)31-8-2-3-18(31)15-6-7-16(17(23)9-15)22(25,26)27/h4-7,9-10,18-21,29-30H,2-3,8,11-12H2,1H3. The molecule has 10 heteroatoms. The number of rotatable bonds is 5. The lowest BCUT2D eigenvalue weighted by atomic mass is 10.0. The number of hydrogen-bond acceptors (Lipinski definition) is 5. The summed E-state index contributed by atoms with van der Waals surface area (Å²) in [6.07, 6.45) is -4.77. The molecule has 0 spiro atoms. The van der Waals surface area contributed by atoms with Crippen LogP contribution in [0.4, 0.5) is 22.0 Å². The Morgan fingerprint density at radius 1 is 1.19 bits per heavy atom. The van der Waals surface area contributed by atoms with Crippen molar-refractivity contribution in [3.8, 4) is 0 Å². The van der Waals surface area contributed by atoms with Gasteiger partial charge in [0.2, 0.25) is 0 Å². The minimum atomic E-state index is -4.75. The molecule has 4 unspecified atom stereocenters. The summed E-state index contributed by atoms with van der Waals surface area (Å²) in [5.74, 6) is -1.31. The molecule has 3 heterocycles. The van der Waals surface area contributed by atoms with Crippen LogP contribution in [0.5, 0.6) is 0 Å². The van der Waals surface area contributed by atoms with Gasteiger partial charge in [0.05, 0.1) is 18.3 Å². The highest BCUT2D eigenvalue weighted by atomic mass is 19.4. The maximum atomic E-state index is 15.4. The third kappa shape index (κ3) is 4.93. The average Bonchev–Trinajstić information content (AvgIpc) is 3.23. The third-order valence-corrected chi connectivity index (χ3v) is 5.94. The Hall–Kier alpha value is -2.14. The number of aromatic nitrogens is 1. The smallest absolute Gasteiger partial charge is 0.355 e. The van der Waals surface area contributed by atoms with Crippen molar-refractivity contribution in [1.82, 2.24) is 20.5 Å². The van der Waals surface area contributed by atoms with Crippen molar-refractivity contribution in [2.24, 2.45) is 0 Å². The van der Waals surface area contributed by atoms with Gasteiger partial charge in [0, 0.05) is 31.1 Å². The number of benzene rings is 1. The Balaban J connectivity index is 1.46. The van der Waals surface area contributed by atoms with Crippen molar-refractivity contribution < 1.29 is 26.7 Å². The van der Waals surface area contributed by atoms with Crippen molar-refractivity contribution in [2.45, 2.75) is 57.2 Å². The van der Waals surface area contributed by atoms with Gasteiger partial charge in [-0.3, -0.25) is 20.5 Å². The molecule has 5 nitrogen and oxygen atoms in total. The summed E-state index contributed by atoms with van der Waals surface area (Å²) in [6.45, 7) is 2.90. The van der Waals surface area contributed by atoms with E-state index in [0.717, 1.165) is 29.8 Å². The Bertz CT molecular complexity index is 924. The summed E-state index contributed by atoms with van der Waals surface area (Å²) in [5, 5.41) is 6.02. The normalized spacial score (nSPS) is 27.1.